The van der Waals surface area contributed by atoms with Gasteiger partial charge in [0, 0.05) is 28.0 Å². The van der Waals surface area contributed by atoms with Crippen molar-refractivity contribution in [2.75, 3.05) is 0 Å². The van der Waals surface area contributed by atoms with E-state index < -0.39 is 52.3 Å². The Labute approximate surface area is 230 Å². The lowest BCUT2D eigenvalue weighted by molar-refractivity contribution is -0.152. The molecule has 5 nitrogen and oxygen atoms in total. The summed E-state index contributed by atoms with van der Waals surface area (Å²) in [6, 6.07) is 10.9. The molecule has 9 heteroatoms. The Morgan fingerprint density at radius 2 is 1.82 bits per heavy atom. The molecule has 2 N–H and O–H groups in total. The molecule has 4 atom stereocenters. The van der Waals surface area contributed by atoms with Gasteiger partial charge in [-0.05, 0) is 63.1 Å². The highest BCUT2D eigenvalue weighted by Gasteiger charge is 2.69. The Bertz CT molecular complexity index is 1420. The number of ether oxygens (including phenoxy) is 1. The van der Waals surface area contributed by atoms with Crippen molar-refractivity contribution in [1.29, 1.82) is 0 Å². The minimum Gasteiger partial charge on any atom is -0.466 e. The molecular formula is C29H30Cl2F2N2O3. The maximum Gasteiger partial charge on any atom is 0.325 e. The number of carbonyl (C=O) groups is 1. The summed E-state index contributed by atoms with van der Waals surface area (Å²) in [6.07, 6.45) is 0.341. The number of fused-ring (bicyclic) bond motifs is 1. The molecule has 1 aromatic heterocycles. The Kier molecular flexibility index (Phi) is 6.46. The summed E-state index contributed by atoms with van der Waals surface area (Å²) in [5.41, 5.74) is 4.33. The number of esters is 1. The van der Waals surface area contributed by atoms with Crippen molar-refractivity contribution in [3.63, 3.8) is 0 Å². The van der Waals surface area contributed by atoms with E-state index in [0.29, 0.717) is 12.2 Å². The van der Waals surface area contributed by atoms with Crippen LogP contribution in [0.5, 0.6) is 0 Å². The van der Waals surface area contributed by atoms with Crippen LogP contribution < -0.4 is 5.73 Å². The number of furan rings is 1. The second kappa shape index (κ2) is 9.05. The van der Waals surface area contributed by atoms with Gasteiger partial charge < -0.3 is 14.9 Å². The summed E-state index contributed by atoms with van der Waals surface area (Å²) < 4.78 is 43.3. The Morgan fingerprint density at radius 3 is 2.45 bits per heavy atom. The van der Waals surface area contributed by atoms with Crippen molar-refractivity contribution in [3.8, 4) is 0 Å². The van der Waals surface area contributed by atoms with Gasteiger partial charge in [0.2, 0.25) is 0 Å². The number of aryl methyl sites for hydroxylation is 1. The van der Waals surface area contributed by atoms with E-state index in [0.717, 1.165) is 5.76 Å². The third kappa shape index (κ3) is 4.06. The van der Waals surface area contributed by atoms with Gasteiger partial charge >= 0.3 is 5.97 Å². The normalized spacial score (nSPS) is 27.0. The minimum atomic E-state index is -1.58. The van der Waals surface area contributed by atoms with Gasteiger partial charge in [0.05, 0.1) is 10.6 Å². The lowest BCUT2D eigenvalue weighted by Crippen LogP contribution is -2.57. The Balaban J connectivity index is 1.79. The fraction of sp³-hybridized carbons (Fsp3) is 0.414. The van der Waals surface area contributed by atoms with Gasteiger partial charge in [-0.2, -0.15) is 0 Å². The standard InChI is InChI=1S/C29H30Cl2F2N2O3/c1-15-9-12-22(37-15)27(2,3)14-21-29(34,18-11-10-16(30)13-20(18)32)23(17-7-6-8-19(31)24(17)33)25-26(36)38-28(4,5)35(21)25/h6-13,21,23,25H,14,34H2,1-5H3. The molecule has 0 bridgehead atoms. The first kappa shape index (κ1) is 27.1. The molecule has 2 fully saturated rings. The summed E-state index contributed by atoms with van der Waals surface area (Å²) >= 11 is 12.3. The van der Waals surface area contributed by atoms with E-state index in [1.54, 1.807) is 32.0 Å². The second-order valence-corrected chi connectivity index (χ2v) is 12.3. The van der Waals surface area contributed by atoms with E-state index in [1.165, 1.54) is 18.2 Å². The molecule has 38 heavy (non-hydrogen) atoms. The molecular weight excluding hydrogens is 533 g/mol. The molecule has 3 heterocycles. The monoisotopic (exact) mass is 562 g/mol. The first-order valence-corrected chi connectivity index (χ1v) is 13.2. The van der Waals surface area contributed by atoms with Crippen molar-refractivity contribution in [2.24, 2.45) is 5.73 Å². The van der Waals surface area contributed by atoms with E-state index in [4.69, 9.17) is 38.1 Å². The molecule has 3 aromatic rings. The number of halogens is 4. The molecule has 202 valence electrons. The molecule has 0 spiro atoms. The largest absolute Gasteiger partial charge is 0.466 e. The van der Waals surface area contributed by atoms with Crippen LogP contribution in [0.3, 0.4) is 0 Å². The third-order valence-electron chi connectivity index (χ3n) is 8.06. The van der Waals surface area contributed by atoms with Crippen LogP contribution >= 0.6 is 23.2 Å². The summed E-state index contributed by atoms with van der Waals surface area (Å²) in [4.78, 5) is 15.4. The van der Waals surface area contributed by atoms with Crippen molar-refractivity contribution in [1.82, 2.24) is 4.90 Å². The van der Waals surface area contributed by atoms with Crippen LogP contribution in [0.4, 0.5) is 8.78 Å². The second-order valence-electron chi connectivity index (χ2n) is 11.4. The highest BCUT2D eigenvalue weighted by atomic mass is 35.5. The first-order valence-electron chi connectivity index (χ1n) is 12.4. The quantitative estimate of drug-likeness (QED) is 0.345. The average Bonchev–Trinajstić information content (AvgIpc) is 3.43. The Hall–Kier alpha value is -2.45. The SMILES string of the molecule is Cc1ccc(C(C)(C)CC2N3C(C(=O)OC3(C)C)C(c3cccc(Cl)c3F)C2(N)c2ccc(Cl)cc2F)o1. The average molecular weight is 563 g/mol. The zero-order valence-electron chi connectivity index (χ0n) is 21.8. The number of carbonyl (C=O) groups excluding carboxylic acids is 1. The molecule has 2 aliphatic rings. The van der Waals surface area contributed by atoms with E-state index in [-0.39, 0.29) is 21.2 Å². The number of nitrogens with zero attached hydrogens (tertiary/aromatic N) is 1. The van der Waals surface area contributed by atoms with Crippen LogP contribution in [0, 0.1) is 18.6 Å². The van der Waals surface area contributed by atoms with Gasteiger partial charge in [-0.15, -0.1) is 0 Å². The van der Waals surface area contributed by atoms with Crippen molar-refractivity contribution in [2.45, 2.75) is 75.7 Å². The fourth-order valence-electron chi connectivity index (χ4n) is 6.40. The van der Waals surface area contributed by atoms with Gasteiger partial charge in [0.15, 0.2) is 5.72 Å². The topological polar surface area (TPSA) is 68.7 Å². The van der Waals surface area contributed by atoms with Crippen LogP contribution in [-0.2, 0) is 20.5 Å². The molecule has 0 amide bonds. The maximum absolute atomic E-state index is 15.8. The van der Waals surface area contributed by atoms with E-state index in [9.17, 15) is 4.79 Å². The lowest BCUT2D eigenvalue weighted by Gasteiger charge is -2.44. The number of hydrogen-bond acceptors (Lipinski definition) is 5. The van der Waals surface area contributed by atoms with E-state index in [2.05, 4.69) is 0 Å². The molecule has 5 rings (SSSR count). The van der Waals surface area contributed by atoms with Gasteiger partial charge in [0.25, 0.3) is 0 Å². The predicted octanol–water partition coefficient (Wildman–Crippen LogP) is 6.82. The zero-order valence-corrected chi connectivity index (χ0v) is 23.3. The van der Waals surface area contributed by atoms with Gasteiger partial charge in [-0.1, -0.05) is 55.2 Å². The summed E-state index contributed by atoms with van der Waals surface area (Å²) in [5.74, 6) is -1.46. The number of rotatable bonds is 5. The zero-order chi connectivity index (χ0) is 27.8. The van der Waals surface area contributed by atoms with E-state index >= 15 is 8.78 Å². The predicted molar refractivity (Wildman–Crippen MR) is 142 cm³/mol. The lowest BCUT2D eigenvalue weighted by atomic mass is 9.67. The van der Waals surface area contributed by atoms with Crippen molar-refractivity contribution < 1.29 is 22.7 Å². The first-order chi connectivity index (χ1) is 17.7. The van der Waals surface area contributed by atoms with Gasteiger partial charge in [0.1, 0.15) is 29.2 Å². The summed E-state index contributed by atoms with van der Waals surface area (Å²) in [7, 11) is 0. The van der Waals surface area contributed by atoms with Gasteiger partial charge in [-0.3, -0.25) is 4.79 Å². The Morgan fingerprint density at radius 1 is 1.11 bits per heavy atom. The molecule has 4 unspecified atom stereocenters. The van der Waals surface area contributed by atoms with Crippen LogP contribution in [0.1, 0.15) is 62.7 Å². The van der Waals surface area contributed by atoms with Crippen molar-refractivity contribution in [3.05, 3.63) is 92.9 Å². The highest BCUT2D eigenvalue weighted by molar-refractivity contribution is 6.31. The van der Waals surface area contributed by atoms with Crippen LogP contribution in [0.25, 0.3) is 0 Å². The third-order valence-corrected chi connectivity index (χ3v) is 8.58. The molecule has 0 radical (unpaired) electrons. The van der Waals surface area contributed by atoms with E-state index in [1.807, 2.05) is 37.8 Å². The fourth-order valence-corrected chi connectivity index (χ4v) is 6.74. The van der Waals surface area contributed by atoms with Gasteiger partial charge in [-0.25, -0.2) is 13.7 Å². The number of hydrogen-bond donors (Lipinski definition) is 1. The summed E-state index contributed by atoms with van der Waals surface area (Å²) in [6.45, 7) is 9.38. The smallest absolute Gasteiger partial charge is 0.325 e. The molecule has 0 saturated carbocycles. The van der Waals surface area contributed by atoms with Crippen LogP contribution in [0.15, 0.2) is 52.9 Å². The van der Waals surface area contributed by atoms with Crippen LogP contribution in [0.2, 0.25) is 10.0 Å². The molecule has 2 aliphatic heterocycles. The molecule has 2 aromatic carbocycles. The highest BCUT2D eigenvalue weighted by Crippen LogP contribution is 2.58. The number of cyclic esters (lactones) is 1. The summed E-state index contributed by atoms with van der Waals surface area (Å²) in [5, 5.41) is 0.0787. The minimum absolute atomic E-state index is 0.117. The molecule has 2 saturated heterocycles. The number of benzene rings is 2. The van der Waals surface area contributed by atoms with Crippen molar-refractivity contribution >= 4 is 29.2 Å². The van der Waals surface area contributed by atoms with Crippen LogP contribution in [-0.4, -0.2) is 28.7 Å². The number of nitrogens with two attached hydrogens (primary N) is 1. The maximum atomic E-state index is 15.8. The molecule has 0 aliphatic carbocycles.